The normalized spacial score (nSPS) is 11.1. The number of aromatic nitrogens is 1. The number of aryl methyl sites for hydroxylation is 1. The summed E-state index contributed by atoms with van der Waals surface area (Å²) in [5.74, 6) is -1.28. The molecule has 0 unspecified atom stereocenters. The lowest BCUT2D eigenvalue weighted by Crippen LogP contribution is -2.41. The number of sulfone groups is 1. The quantitative estimate of drug-likeness (QED) is 0.394. The molecule has 7 nitrogen and oxygen atoms in total. The van der Waals surface area contributed by atoms with Gasteiger partial charge in [-0.05, 0) is 36.8 Å². The lowest BCUT2D eigenvalue weighted by Gasteiger charge is -2.09. The van der Waals surface area contributed by atoms with Gasteiger partial charge in [0.25, 0.3) is 11.8 Å². The number of hydrazine groups is 1. The molecule has 0 bridgehead atoms. The molecule has 0 atom stereocenters. The molecule has 0 aliphatic heterocycles. The number of carbonyl (C=O) groups is 2. The highest BCUT2D eigenvalue weighted by molar-refractivity contribution is 7.90. The van der Waals surface area contributed by atoms with E-state index in [1.807, 2.05) is 30.3 Å². The van der Waals surface area contributed by atoms with E-state index in [1.165, 1.54) is 29.5 Å². The fraction of sp³-hybridized carbons (Fsp3) is 0.0800. The maximum atomic E-state index is 12.6. The largest absolute Gasteiger partial charge is 0.281 e. The molecule has 2 amide bonds. The molecule has 0 saturated carbocycles. The molecule has 172 valence electrons. The number of thiazole rings is 1. The van der Waals surface area contributed by atoms with Crippen LogP contribution in [0.1, 0.15) is 31.3 Å². The number of nitrogens with one attached hydrogen (secondary N) is 2. The molecule has 1 aromatic heterocycles. The Kier molecular flexibility index (Phi) is 6.85. The SMILES string of the molecule is Cc1nc(-c2ccccc2)sc1C(=O)NNC(=O)c1cccc(CS(=O)(=O)c2ccccc2)c1. The van der Waals surface area contributed by atoms with Crippen molar-refractivity contribution < 1.29 is 18.0 Å². The lowest BCUT2D eigenvalue weighted by molar-refractivity contribution is 0.0848. The van der Waals surface area contributed by atoms with E-state index in [-0.39, 0.29) is 16.2 Å². The summed E-state index contributed by atoms with van der Waals surface area (Å²) in [6.07, 6.45) is 0. The van der Waals surface area contributed by atoms with E-state index >= 15 is 0 Å². The number of amides is 2. The summed E-state index contributed by atoms with van der Waals surface area (Å²) >= 11 is 1.23. The summed E-state index contributed by atoms with van der Waals surface area (Å²) in [6, 6.07) is 23.9. The number of benzene rings is 3. The van der Waals surface area contributed by atoms with Crippen LogP contribution >= 0.6 is 11.3 Å². The fourth-order valence-corrected chi connectivity index (χ4v) is 5.61. The van der Waals surface area contributed by atoms with E-state index in [2.05, 4.69) is 15.8 Å². The predicted octanol–water partition coefficient (Wildman–Crippen LogP) is 4.17. The summed E-state index contributed by atoms with van der Waals surface area (Å²) in [4.78, 5) is 30.3. The molecule has 0 aliphatic rings. The standard InChI is InChI=1S/C25H21N3O4S2/c1-17-22(33-25(26-17)19-10-4-2-5-11-19)24(30)28-27-23(29)20-12-8-9-18(15-20)16-34(31,32)21-13-6-3-7-14-21/h2-15H,16H2,1H3,(H,27,29)(H,28,30). The van der Waals surface area contributed by atoms with Crippen molar-refractivity contribution in [3.05, 3.63) is 107 Å². The summed E-state index contributed by atoms with van der Waals surface area (Å²) in [5, 5.41) is 0.710. The molecule has 0 aliphatic carbocycles. The maximum absolute atomic E-state index is 12.6. The average molecular weight is 492 g/mol. The Bertz CT molecular complexity index is 1430. The van der Waals surface area contributed by atoms with Gasteiger partial charge in [0.15, 0.2) is 9.84 Å². The highest BCUT2D eigenvalue weighted by Gasteiger charge is 2.18. The van der Waals surface area contributed by atoms with Gasteiger partial charge in [-0.3, -0.25) is 20.4 Å². The van der Waals surface area contributed by atoms with Gasteiger partial charge in [-0.1, -0.05) is 60.7 Å². The first-order valence-corrected chi connectivity index (χ1v) is 12.8. The number of rotatable bonds is 6. The zero-order valence-corrected chi connectivity index (χ0v) is 19.8. The van der Waals surface area contributed by atoms with Gasteiger partial charge in [-0.15, -0.1) is 11.3 Å². The molecule has 3 aromatic carbocycles. The molecular weight excluding hydrogens is 470 g/mol. The second-order valence-corrected chi connectivity index (χ2v) is 10.5. The van der Waals surface area contributed by atoms with E-state index in [4.69, 9.17) is 0 Å². The van der Waals surface area contributed by atoms with Crippen LogP contribution in [0.2, 0.25) is 0 Å². The van der Waals surface area contributed by atoms with Crippen LogP contribution in [0.25, 0.3) is 10.6 Å². The van der Waals surface area contributed by atoms with Crippen molar-refractivity contribution in [3.63, 3.8) is 0 Å². The van der Waals surface area contributed by atoms with E-state index < -0.39 is 21.7 Å². The van der Waals surface area contributed by atoms with Crippen LogP contribution in [0.5, 0.6) is 0 Å². The zero-order chi connectivity index (χ0) is 24.1. The summed E-state index contributed by atoms with van der Waals surface area (Å²) in [7, 11) is -3.55. The van der Waals surface area contributed by atoms with Gasteiger partial charge in [0.2, 0.25) is 0 Å². The first kappa shape index (κ1) is 23.3. The van der Waals surface area contributed by atoms with Gasteiger partial charge in [0.1, 0.15) is 9.88 Å². The maximum Gasteiger partial charge on any atom is 0.281 e. The van der Waals surface area contributed by atoms with Crippen molar-refractivity contribution in [2.24, 2.45) is 0 Å². The van der Waals surface area contributed by atoms with Crippen molar-refractivity contribution in [1.82, 2.24) is 15.8 Å². The van der Waals surface area contributed by atoms with Gasteiger partial charge in [-0.2, -0.15) is 0 Å². The van der Waals surface area contributed by atoms with Crippen molar-refractivity contribution in [3.8, 4) is 10.6 Å². The van der Waals surface area contributed by atoms with Crippen LogP contribution in [0, 0.1) is 6.92 Å². The minimum absolute atomic E-state index is 0.215. The van der Waals surface area contributed by atoms with Crippen LogP contribution < -0.4 is 10.9 Å². The molecule has 0 saturated heterocycles. The van der Waals surface area contributed by atoms with E-state index in [0.29, 0.717) is 21.1 Å². The first-order chi connectivity index (χ1) is 16.3. The van der Waals surface area contributed by atoms with Crippen LogP contribution in [0.4, 0.5) is 0 Å². The molecule has 0 radical (unpaired) electrons. The molecule has 0 spiro atoms. The van der Waals surface area contributed by atoms with Gasteiger partial charge in [0.05, 0.1) is 16.3 Å². The zero-order valence-electron chi connectivity index (χ0n) is 18.2. The molecule has 34 heavy (non-hydrogen) atoms. The first-order valence-electron chi connectivity index (χ1n) is 10.3. The molecule has 1 heterocycles. The van der Waals surface area contributed by atoms with Crippen molar-refractivity contribution in [2.45, 2.75) is 17.6 Å². The Morgan fingerprint density at radius 3 is 2.21 bits per heavy atom. The fourth-order valence-electron chi connectivity index (χ4n) is 3.29. The minimum atomic E-state index is -3.55. The molecule has 4 rings (SSSR count). The Morgan fingerprint density at radius 2 is 1.50 bits per heavy atom. The molecular formula is C25H21N3O4S2. The van der Waals surface area contributed by atoms with E-state index in [0.717, 1.165) is 5.56 Å². The highest BCUT2D eigenvalue weighted by Crippen LogP contribution is 2.27. The minimum Gasteiger partial charge on any atom is -0.267 e. The highest BCUT2D eigenvalue weighted by atomic mass is 32.2. The van der Waals surface area contributed by atoms with E-state index in [9.17, 15) is 18.0 Å². The van der Waals surface area contributed by atoms with Crippen LogP contribution in [-0.2, 0) is 15.6 Å². The van der Waals surface area contributed by atoms with E-state index in [1.54, 1.807) is 43.3 Å². The third-order valence-corrected chi connectivity index (χ3v) is 7.87. The lowest BCUT2D eigenvalue weighted by atomic mass is 10.1. The van der Waals surface area contributed by atoms with Crippen LogP contribution in [-0.4, -0.2) is 25.2 Å². The predicted molar refractivity (Wildman–Crippen MR) is 131 cm³/mol. The van der Waals surface area contributed by atoms with Crippen molar-refractivity contribution >= 4 is 33.0 Å². The smallest absolute Gasteiger partial charge is 0.267 e. The van der Waals surface area contributed by atoms with Gasteiger partial charge >= 0.3 is 0 Å². The molecule has 2 N–H and O–H groups in total. The number of hydrogen-bond donors (Lipinski definition) is 2. The number of nitrogens with zero attached hydrogens (tertiary/aromatic N) is 1. The monoisotopic (exact) mass is 491 g/mol. The Hall–Kier alpha value is -3.82. The molecule has 9 heteroatoms. The Balaban J connectivity index is 1.42. The van der Waals surface area contributed by atoms with Crippen molar-refractivity contribution in [1.29, 1.82) is 0 Å². The van der Waals surface area contributed by atoms with Crippen LogP contribution in [0.15, 0.2) is 89.8 Å². The third kappa shape index (κ3) is 5.38. The summed E-state index contributed by atoms with van der Waals surface area (Å²) < 4.78 is 25.3. The van der Waals surface area contributed by atoms with Crippen LogP contribution in [0.3, 0.4) is 0 Å². The number of carbonyl (C=O) groups excluding carboxylic acids is 2. The van der Waals surface area contributed by atoms with Gasteiger partial charge in [-0.25, -0.2) is 13.4 Å². The second kappa shape index (κ2) is 9.98. The summed E-state index contributed by atoms with van der Waals surface area (Å²) in [6.45, 7) is 1.73. The molecule has 0 fully saturated rings. The second-order valence-electron chi connectivity index (χ2n) is 7.48. The Labute approximate surface area is 201 Å². The van der Waals surface area contributed by atoms with Crippen molar-refractivity contribution in [2.75, 3.05) is 0 Å². The Morgan fingerprint density at radius 1 is 0.853 bits per heavy atom. The third-order valence-electron chi connectivity index (χ3n) is 4.96. The number of hydrogen-bond acceptors (Lipinski definition) is 6. The van der Waals surface area contributed by atoms with Gasteiger partial charge in [0, 0.05) is 11.1 Å². The molecule has 4 aromatic rings. The van der Waals surface area contributed by atoms with Gasteiger partial charge < -0.3 is 0 Å². The summed E-state index contributed by atoms with van der Waals surface area (Å²) in [5.41, 5.74) is 6.95. The topological polar surface area (TPSA) is 105 Å². The average Bonchev–Trinajstić information content (AvgIpc) is 3.25.